The highest BCUT2D eigenvalue weighted by atomic mass is 35.5. The molecular formula is C32H35ClF3NO5. The smallest absolute Gasteiger partial charge is 0.416 e. The van der Waals surface area contributed by atoms with E-state index >= 15 is 0 Å². The minimum Gasteiger partial charge on any atom is -0.497 e. The lowest BCUT2D eigenvalue weighted by Gasteiger charge is -2.26. The number of ketones is 1. The molecule has 0 saturated carbocycles. The van der Waals surface area contributed by atoms with Crippen LogP contribution in [0.3, 0.4) is 0 Å². The van der Waals surface area contributed by atoms with Crippen LogP contribution in [0.4, 0.5) is 18.9 Å². The molecule has 6 nitrogen and oxygen atoms in total. The van der Waals surface area contributed by atoms with Gasteiger partial charge in [-0.15, -0.1) is 11.6 Å². The van der Waals surface area contributed by atoms with Crippen LogP contribution in [0.1, 0.15) is 54.4 Å². The van der Waals surface area contributed by atoms with E-state index in [1.807, 2.05) is 18.2 Å². The van der Waals surface area contributed by atoms with Gasteiger partial charge in [0.15, 0.2) is 5.78 Å². The van der Waals surface area contributed by atoms with Gasteiger partial charge >= 0.3 is 12.1 Å². The van der Waals surface area contributed by atoms with Crippen molar-refractivity contribution in [2.75, 3.05) is 19.0 Å². The summed E-state index contributed by atoms with van der Waals surface area (Å²) in [6.07, 6.45) is 3.94. The van der Waals surface area contributed by atoms with Crippen LogP contribution in [-0.2, 0) is 28.6 Å². The lowest BCUT2D eigenvalue weighted by atomic mass is 9.86. The zero-order chi connectivity index (χ0) is 30.4. The molecule has 0 heterocycles. The number of ether oxygens (including phenoxy) is 2. The Bertz CT molecular complexity index is 1370. The Morgan fingerprint density at radius 2 is 1.86 bits per heavy atom. The highest BCUT2D eigenvalue weighted by molar-refractivity contribution is 6.22. The number of fused-ring (bicyclic) bond motifs is 1. The maximum atomic E-state index is 14.1. The number of aliphatic carboxylic acids is 1. The number of anilines is 1. The van der Waals surface area contributed by atoms with Gasteiger partial charge in [0.05, 0.1) is 24.7 Å². The molecule has 0 aliphatic heterocycles. The summed E-state index contributed by atoms with van der Waals surface area (Å²) in [7, 11) is 1.51. The highest BCUT2D eigenvalue weighted by Crippen LogP contribution is 2.36. The number of methoxy groups -OCH3 is 1. The summed E-state index contributed by atoms with van der Waals surface area (Å²) >= 11 is 6.26. The van der Waals surface area contributed by atoms with Crippen LogP contribution >= 0.6 is 11.6 Å². The zero-order valence-corrected chi connectivity index (χ0v) is 24.4. The number of hydrogen-bond donors (Lipinski definition) is 2. The molecule has 2 aromatic rings. The van der Waals surface area contributed by atoms with Crippen molar-refractivity contribution >= 4 is 29.0 Å². The Hall–Kier alpha value is -3.46. The molecule has 3 unspecified atom stereocenters. The van der Waals surface area contributed by atoms with Crippen molar-refractivity contribution in [3.63, 3.8) is 0 Å². The van der Waals surface area contributed by atoms with Crippen molar-refractivity contribution in [3.05, 3.63) is 76.4 Å². The van der Waals surface area contributed by atoms with Crippen LogP contribution in [0.2, 0.25) is 0 Å². The molecule has 0 bridgehead atoms. The maximum Gasteiger partial charge on any atom is 0.416 e. The fraction of sp³-hybridized carbons (Fsp3) is 0.438. The molecule has 42 heavy (non-hydrogen) atoms. The third kappa shape index (κ3) is 8.09. The van der Waals surface area contributed by atoms with E-state index in [4.69, 9.17) is 26.2 Å². The number of alkyl halides is 4. The molecule has 2 aliphatic rings. The number of benzene rings is 2. The van der Waals surface area contributed by atoms with E-state index in [1.54, 1.807) is 25.1 Å². The van der Waals surface area contributed by atoms with E-state index in [9.17, 15) is 22.8 Å². The van der Waals surface area contributed by atoms with E-state index in [2.05, 4.69) is 5.32 Å². The van der Waals surface area contributed by atoms with E-state index in [0.29, 0.717) is 66.8 Å². The van der Waals surface area contributed by atoms with Gasteiger partial charge in [-0.2, -0.15) is 13.2 Å². The van der Waals surface area contributed by atoms with Crippen molar-refractivity contribution in [1.29, 1.82) is 0 Å². The number of carboxylic acid groups (broad SMARTS) is 1. The third-order valence-electron chi connectivity index (χ3n) is 7.72. The second-order valence-electron chi connectivity index (χ2n) is 10.7. The number of rotatable bonds is 11. The Morgan fingerprint density at radius 1 is 1.12 bits per heavy atom. The second-order valence-corrected chi connectivity index (χ2v) is 11.3. The molecule has 2 aromatic carbocycles. The van der Waals surface area contributed by atoms with Gasteiger partial charge in [0.1, 0.15) is 17.5 Å². The molecule has 0 spiro atoms. The first kappa shape index (κ1) is 31.5. The van der Waals surface area contributed by atoms with Crippen LogP contribution in [0, 0.1) is 12.8 Å². The number of halogens is 4. The molecule has 4 rings (SSSR count). The summed E-state index contributed by atoms with van der Waals surface area (Å²) in [6, 6.07) is 6.84. The van der Waals surface area contributed by atoms with E-state index in [1.165, 1.54) is 19.2 Å². The summed E-state index contributed by atoms with van der Waals surface area (Å²) in [5.41, 5.74) is 2.83. The van der Waals surface area contributed by atoms with Gasteiger partial charge in [-0.3, -0.25) is 9.59 Å². The largest absolute Gasteiger partial charge is 0.497 e. The van der Waals surface area contributed by atoms with Gasteiger partial charge in [0.25, 0.3) is 0 Å². The number of Topliss-reactive ketones (excluding diaryl/α,β-unsaturated/α-hetero) is 1. The number of carbonyl (C=O) groups is 2. The van der Waals surface area contributed by atoms with Crippen LogP contribution in [0.5, 0.6) is 11.5 Å². The third-order valence-corrected chi connectivity index (χ3v) is 8.05. The summed E-state index contributed by atoms with van der Waals surface area (Å²) < 4.78 is 51.6. The average Bonchev–Trinajstić information content (AvgIpc) is 3.17. The monoisotopic (exact) mass is 605 g/mol. The summed E-state index contributed by atoms with van der Waals surface area (Å²) in [5, 5.41) is 12.1. The molecule has 0 aromatic heterocycles. The lowest BCUT2D eigenvalue weighted by molar-refractivity contribution is -0.138. The Kier molecular flexibility index (Phi) is 10.2. The first-order valence-electron chi connectivity index (χ1n) is 14.0. The molecule has 0 saturated heterocycles. The fourth-order valence-electron chi connectivity index (χ4n) is 5.53. The molecule has 10 heteroatoms. The molecular weight excluding hydrogens is 571 g/mol. The SMILES string of the molecule is COc1cc(NC(C(=O)C2CCc3cc(C(F)(F)F)cc(C)c3CC2)C2=CCC(Cl)C=C2)cc(OCCCC(=O)O)c1. The summed E-state index contributed by atoms with van der Waals surface area (Å²) in [4.78, 5) is 25.0. The summed E-state index contributed by atoms with van der Waals surface area (Å²) in [6.45, 7) is 1.90. The Labute approximate surface area is 248 Å². The number of aryl methyl sites for hydroxylation is 2. The van der Waals surface area contributed by atoms with Crippen molar-refractivity contribution in [1.82, 2.24) is 0 Å². The second kappa shape index (κ2) is 13.7. The number of nitrogens with one attached hydrogen (secondary N) is 1. The molecule has 2 aliphatic carbocycles. The zero-order valence-electron chi connectivity index (χ0n) is 23.6. The standard InChI is InChI=1S/C32H35ClF3NO5/c1-19-14-23(32(34,35)36)15-22-6-5-21(9-12-28(19)22)31(40)30(20-7-10-24(33)11-8-20)37-25-16-26(41-2)18-27(17-25)42-13-3-4-29(38)39/h7-8,10,14-18,21,24,30,37H,3-6,9,11-13H2,1-2H3,(H,38,39). The quantitative estimate of drug-likeness (QED) is 0.159. The number of hydrogen-bond acceptors (Lipinski definition) is 5. The first-order chi connectivity index (χ1) is 19.9. The Balaban J connectivity index is 1.57. The number of allylic oxidation sites excluding steroid dienone is 2. The van der Waals surface area contributed by atoms with E-state index in [0.717, 1.165) is 11.1 Å². The van der Waals surface area contributed by atoms with Crippen LogP contribution < -0.4 is 14.8 Å². The Morgan fingerprint density at radius 3 is 2.52 bits per heavy atom. The van der Waals surface area contributed by atoms with Crippen molar-refractivity contribution in [2.45, 2.75) is 69.5 Å². The van der Waals surface area contributed by atoms with Gasteiger partial charge in [-0.25, -0.2) is 0 Å². The van der Waals surface area contributed by atoms with Gasteiger partial charge in [-0.05, 0) is 79.8 Å². The average molecular weight is 606 g/mol. The number of carboxylic acids is 1. The van der Waals surface area contributed by atoms with Crippen LogP contribution in [0.25, 0.3) is 0 Å². The van der Waals surface area contributed by atoms with Gasteiger partial charge < -0.3 is 19.9 Å². The first-order valence-corrected chi connectivity index (χ1v) is 14.4. The fourth-order valence-corrected chi connectivity index (χ4v) is 5.69. The van der Waals surface area contributed by atoms with Gasteiger partial charge in [0, 0.05) is 36.2 Å². The molecule has 0 amide bonds. The van der Waals surface area contributed by atoms with Crippen molar-refractivity contribution in [2.24, 2.45) is 5.92 Å². The van der Waals surface area contributed by atoms with Crippen LogP contribution in [-0.4, -0.2) is 42.0 Å². The van der Waals surface area contributed by atoms with E-state index < -0.39 is 23.8 Å². The van der Waals surface area contributed by atoms with E-state index in [-0.39, 0.29) is 30.1 Å². The molecule has 3 atom stereocenters. The molecule has 0 radical (unpaired) electrons. The summed E-state index contributed by atoms with van der Waals surface area (Å²) in [5.74, 6) is -0.368. The highest BCUT2D eigenvalue weighted by Gasteiger charge is 2.34. The normalized spacial score (nSPS) is 19.2. The predicted molar refractivity (Wildman–Crippen MR) is 156 cm³/mol. The topological polar surface area (TPSA) is 84.9 Å². The number of carbonyl (C=O) groups excluding carboxylic acids is 1. The minimum absolute atomic E-state index is 0.0179. The lowest BCUT2D eigenvalue weighted by Crippen LogP contribution is -2.36. The predicted octanol–water partition coefficient (Wildman–Crippen LogP) is 7.30. The van der Waals surface area contributed by atoms with Gasteiger partial charge in [-0.1, -0.05) is 18.2 Å². The molecule has 2 N–H and O–H groups in total. The molecule has 0 fully saturated rings. The molecule has 226 valence electrons. The van der Waals surface area contributed by atoms with Gasteiger partial charge in [0.2, 0.25) is 0 Å². The minimum atomic E-state index is -4.42. The van der Waals surface area contributed by atoms with Crippen LogP contribution in [0.15, 0.2) is 54.1 Å². The van der Waals surface area contributed by atoms with Crippen molar-refractivity contribution in [3.8, 4) is 11.5 Å². The van der Waals surface area contributed by atoms with Crippen molar-refractivity contribution < 1.29 is 37.3 Å². The maximum absolute atomic E-state index is 14.1.